The van der Waals surface area contributed by atoms with Gasteiger partial charge in [-0.25, -0.2) is 8.42 Å². The summed E-state index contributed by atoms with van der Waals surface area (Å²) in [5, 5.41) is 0. The van der Waals surface area contributed by atoms with Gasteiger partial charge in [-0.15, -0.1) is 0 Å². The molecular formula is C21H27N3O3S. The molecule has 6 nitrogen and oxygen atoms in total. The van der Waals surface area contributed by atoms with Crippen molar-refractivity contribution in [3.8, 4) is 0 Å². The van der Waals surface area contributed by atoms with Gasteiger partial charge in [0.25, 0.3) is 5.91 Å². The molecule has 150 valence electrons. The van der Waals surface area contributed by atoms with Crippen molar-refractivity contribution in [2.75, 3.05) is 38.1 Å². The second kappa shape index (κ2) is 8.32. The summed E-state index contributed by atoms with van der Waals surface area (Å²) in [7, 11) is -2.06. The SMILES string of the molecule is CC(C)N(C)S(=O)(=O)c1cccc(C(=O)N2CCN(c3ccccc3)CC2)c1. The van der Waals surface area contributed by atoms with Crippen molar-refractivity contribution < 1.29 is 13.2 Å². The minimum absolute atomic E-state index is 0.128. The second-order valence-electron chi connectivity index (χ2n) is 7.26. The Kier molecular flexibility index (Phi) is 6.05. The van der Waals surface area contributed by atoms with Gasteiger partial charge in [0.2, 0.25) is 10.0 Å². The number of amides is 1. The van der Waals surface area contributed by atoms with Crippen molar-refractivity contribution in [2.24, 2.45) is 0 Å². The van der Waals surface area contributed by atoms with Crippen LogP contribution in [0.5, 0.6) is 0 Å². The Balaban J connectivity index is 1.72. The summed E-state index contributed by atoms with van der Waals surface area (Å²) in [6, 6.07) is 16.3. The van der Waals surface area contributed by atoms with E-state index in [1.54, 1.807) is 30.1 Å². The fourth-order valence-corrected chi connectivity index (χ4v) is 4.64. The molecule has 7 heteroatoms. The molecule has 0 aromatic heterocycles. The number of hydrogen-bond acceptors (Lipinski definition) is 4. The highest BCUT2D eigenvalue weighted by Crippen LogP contribution is 2.20. The van der Waals surface area contributed by atoms with Gasteiger partial charge in [0.1, 0.15) is 0 Å². The van der Waals surface area contributed by atoms with Crippen LogP contribution in [-0.4, -0.2) is 62.8 Å². The molecule has 3 rings (SSSR count). The quantitative estimate of drug-likeness (QED) is 0.773. The molecule has 1 saturated heterocycles. The largest absolute Gasteiger partial charge is 0.368 e. The van der Waals surface area contributed by atoms with Gasteiger partial charge in [-0.2, -0.15) is 4.31 Å². The molecule has 1 aliphatic heterocycles. The summed E-state index contributed by atoms with van der Waals surface area (Å²) in [6.45, 7) is 6.36. The molecule has 1 aliphatic rings. The standard InChI is InChI=1S/C21H27N3O3S/c1-17(2)22(3)28(26,27)20-11-7-8-18(16-20)21(25)24-14-12-23(13-15-24)19-9-5-4-6-10-19/h4-11,16-17H,12-15H2,1-3H3. The molecule has 28 heavy (non-hydrogen) atoms. The molecule has 0 saturated carbocycles. The number of carbonyl (C=O) groups is 1. The monoisotopic (exact) mass is 401 g/mol. The van der Waals surface area contributed by atoms with Gasteiger partial charge in [0.05, 0.1) is 4.90 Å². The first-order chi connectivity index (χ1) is 13.3. The van der Waals surface area contributed by atoms with Crippen LogP contribution in [0.1, 0.15) is 24.2 Å². The molecule has 1 heterocycles. The Morgan fingerprint density at radius 2 is 1.61 bits per heavy atom. The van der Waals surface area contributed by atoms with E-state index in [2.05, 4.69) is 17.0 Å². The van der Waals surface area contributed by atoms with Crippen LogP contribution in [0.4, 0.5) is 5.69 Å². The van der Waals surface area contributed by atoms with Gasteiger partial charge in [0, 0.05) is 50.5 Å². The lowest BCUT2D eigenvalue weighted by Gasteiger charge is -2.36. The smallest absolute Gasteiger partial charge is 0.254 e. The summed E-state index contributed by atoms with van der Waals surface area (Å²) in [5.74, 6) is -0.128. The fraction of sp³-hybridized carbons (Fsp3) is 0.381. The highest BCUT2D eigenvalue weighted by Gasteiger charge is 2.26. The van der Waals surface area contributed by atoms with E-state index in [4.69, 9.17) is 0 Å². The molecule has 1 amide bonds. The first kappa shape index (κ1) is 20.4. The minimum Gasteiger partial charge on any atom is -0.368 e. The maximum atomic E-state index is 12.9. The molecule has 0 unspecified atom stereocenters. The van der Waals surface area contributed by atoms with Crippen LogP contribution in [-0.2, 0) is 10.0 Å². The average molecular weight is 402 g/mol. The van der Waals surface area contributed by atoms with Crippen LogP contribution < -0.4 is 4.90 Å². The van der Waals surface area contributed by atoms with Gasteiger partial charge < -0.3 is 9.80 Å². The third-order valence-electron chi connectivity index (χ3n) is 5.17. The van der Waals surface area contributed by atoms with E-state index >= 15 is 0 Å². The molecule has 0 N–H and O–H groups in total. The Hall–Kier alpha value is -2.38. The predicted molar refractivity (Wildman–Crippen MR) is 111 cm³/mol. The zero-order valence-electron chi connectivity index (χ0n) is 16.6. The molecule has 0 bridgehead atoms. The lowest BCUT2D eigenvalue weighted by molar-refractivity contribution is 0.0746. The number of nitrogens with zero attached hydrogens (tertiary/aromatic N) is 3. The summed E-state index contributed by atoms with van der Waals surface area (Å²) < 4.78 is 26.8. The summed E-state index contributed by atoms with van der Waals surface area (Å²) in [5.41, 5.74) is 1.56. The van der Waals surface area contributed by atoms with Crippen LogP contribution >= 0.6 is 0 Å². The van der Waals surface area contributed by atoms with Crippen molar-refractivity contribution in [2.45, 2.75) is 24.8 Å². The van der Waals surface area contributed by atoms with Crippen molar-refractivity contribution in [3.05, 3.63) is 60.2 Å². The number of sulfonamides is 1. The molecule has 0 atom stereocenters. The van der Waals surface area contributed by atoms with E-state index < -0.39 is 10.0 Å². The number of rotatable bonds is 5. The number of carbonyl (C=O) groups excluding carboxylic acids is 1. The van der Waals surface area contributed by atoms with E-state index in [1.165, 1.54) is 10.4 Å². The first-order valence-corrected chi connectivity index (χ1v) is 10.9. The summed E-state index contributed by atoms with van der Waals surface area (Å²) in [6.07, 6.45) is 0. The maximum Gasteiger partial charge on any atom is 0.254 e. The Bertz CT molecular complexity index is 921. The number of benzene rings is 2. The van der Waals surface area contributed by atoms with Crippen LogP contribution in [0.25, 0.3) is 0 Å². The normalized spacial score (nSPS) is 15.3. The van der Waals surface area contributed by atoms with E-state index in [0.29, 0.717) is 18.7 Å². The number of anilines is 1. The van der Waals surface area contributed by atoms with Crippen molar-refractivity contribution in [3.63, 3.8) is 0 Å². The second-order valence-corrected chi connectivity index (χ2v) is 9.26. The molecular weight excluding hydrogens is 374 g/mol. The fourth-order valence-electron chi connectivity index (χ4n) is 3.22. The van der Waals surface area contributed by atoms with Crippen LogP contribution in [0.2, 0.25) is 0 Å². The van der Waals surface area contributed by atoms with Crippen molar-refractivity contribution in [1.82, 2.24) is 9.21 Å². The third-order valence-corrected chi connectivity index (χ3v) is 7.20. The summed E-state index contributed by atoms with van der Waals surface area (Å²) in [4.78, 5) is 17.1. The Morgan fingerprint density at radius 1 is 0.964 bits per heavy atom. The van der Waals surface area contributed by atoms with E-state index in [9.17, 15) is 13.2 Å². The Labute approximate surface area is 167 Å². The highest BCUT2D eigenvalue weighted by molar-refractivity contribution is 7.89. The lowest BCUT2D eigenvalue weighted by atomic mass is 10.1. The average Bonchev–Trinajstić information content (AvgIpc) is 2.73. The summed E-state index contributed by atoms with van der Waals surface area (Å²) >= 11 is 0. The van der Waals surface area contributed by atoms with Crippen molar-refractivity contribution >= 4 is 21.6 Å². The molecule has 1 fully saturated rings. The number of hydrogen-bond donors (Lipinski definition) is 0. The van der Waals surface area contributed by atoms with Crippen LogP contribution in [0.3, 0.4) is 0 Å². The zero-order valence-corrected chi connectivity index (χ0v) is 17.4. The molecule has 2 aromatic rings. The third kappa shape index (κ3) is 4.20. The van der Waals surface area contributed by atoms with Gasteiger partial charge in [-0.3, -0.25) is 4.79 Å². The topological polar surface area (TPSA) is 60.9 Å². The Morgan fingerprint density at radius 3 is 2.21 bits per heavy atom. The number of para-hydroxylation sites is 1. The highest BCUT2D eigenvalue weighted by atomic mass is 32.2. The molecule has 0 aliphatic carbocycles. The van der Waals surface area contributed by atoms with Gasteiger partial charge in [0.15, 0.2) is 0 Å². The van der Waals surface area contributed by atoms with E-state index in [0.717, 1.165) is 18.8 Å². The van der Waals surface area contributed by atoms with Gasteiger partial charge >= 0.3 is 0 Å². The van der Waals surface area contributed by atoms with Gasteiger partial charge in [-0.1, -0.05) is 24.3 Å². The van der Waals surface area contributed by atoms with Crippen LogP contribution in [0, 0.1) is 0 Å². The first-order valence-electron chi connectivity index (χ1n) is 9.48. The van der Waals surface area contributed by atoms with E-state index in [-0.39, 0.29) is 16.8 Å². The van der Waals surface area contributed by atoms with Crippen molar-refractivity contribution in [1.29, 1.82) is 0 Å². The molecule has 2 aromatic carbocycles. The maximum absolute atomic E-state index is 12.9. The molecule has 0 spiro atoms. The van der Waals surface area contributed by atoms with Gasteiger partial charge in [-0.05, 0) is 44.2 Å². The molecule has 0 radical (unpaired) electrons. The zero-order chi connectivity index (χ0) is 20.3. The minimum atomic E-state index is -3.62. The number of piperazine rings is 1. The van der Waals surface area contributed by atoms with E-state index in [1.807, 2.05) is 32.0 Å². The predicted octanol–water partition coefficient (Wildman–Crippen LogP) is 2.68. The lowest BCUT2D eigenvalue weighted by Crippen LogP contribution is -2.48. The van der Waals surface area contributed by atoms with Crippen LogP contribution in [0.15, 0.2) is 59.5 Å².